The number of carbonyl (C=O) groups is 1. The third-order valence-corrected chi connectivity index (χ3v) is 4.02. The van der Waals surface area contributed by atoms with Crippen molar-refractivity contribution < 1.29 is 27.5 Å². The Kier molecular flexibility index (Phi) is 5.64. The number of carbonyl (C=O) groups excluding carboxylic acids is 1. The number of alkyl halides is 3. The summed E-state index contributed by atoms with van der Waals surface area (Å²) in [6.07, 6.45) is -6.06. The quantitative estimate of drug-likeness (QED) is 0.674. The number of rotatable bonds is 5. The van der Waals surface area contributed by atoms with Gasteiger partial charge in [0, 0.05) is 24.2 Å². The van der Waals surface area contributed by atoms with Crippen LogP contribution in [0.3, 0.4) is 0 Å². The molecule has 7 nitrogen and oxygen atoms in total. The van der Waals surface area contributed by atoms with Gasteiger partial charge in [0.1, 0.15) is 0 Å². The number of aliphatic hydroxyl groups excluding tert-OH is 1. The zero-order valence-corrected chi connectivity index (χ0v) is 15.5. The summed E-state index contributed by atoms with van der Waals surface area (Å²) in [5.41, 5.74) is 0.974. The molecule has 0 aliphatic rings. The molecule has 0 fully saturated rings. The first kappa shape index (κ1) is 20.5. The molecule has 0 bridgehead atoms. The largest absolute Gasteiger partial charge is 0.424 e. The zero-order chi connectivity index (χ0) is 21.2. The van der Waals surface area contributed by atoms with Crippen molar-refractivity contribution in [3.63, 3.8) is 0 Å². The summed E-state index contributed by atoms with van der Waals surface area (Å²) in [4.78, 5) is 16.7. The van der Waals surface area contributed by atoms with Gasteiger partial charge in [-0.3, -0.25) is 9.78 Å². The average Bonchev–Trinajstić information content (AvgIpc) is 3.10. The van der Waals surface area contributed by atoms with Gasteiger partial charge in [-0.25, -0.2) is 0 Å². The second-order valence-electron chi connectivity index (χ2n) is 6.41. The summed E-state index contributed by atoms with van der Waals surface area (Å²) in [5.74, 6) is -0.189. The van der Waals surface area contributed by atoms with E-state index in [1.807, 2.05) is 6.92 Å². The molecule has 10 heteroatoms. The highest BCUT2D eigenvalue weighted by Crippen LogP contribution is 2.34. The number of hydrogen-bond donors (Lipinski definition) is 2. The van der Waals surface area contributed by atoms with Gasteiger partial charge in [0.25, 0.3) is 5.91 Å². The first-order valence-corrected chi connectivity index (χ1v) is 8.53. The molecule has 0 radical (unpaired) electrons. The first-order chi connectivity index (χ1) is 13.6. The number of aliphatic hydroxyl groups is 1. The minimum Gasteiger partial charge on any atom is -0.424 e. The maximum absolute atomic E-state index is 13.0. The van der Waals surface area contributed by atoms with Gasteiger partial charge in [-0.15, -0.1) is 10.2 Å². The Morgan fingerprint density at radius 3 is 2.55 bits per heavy atom. The van der Waals surface area contributed by atoms with Crippen LogP contribution >= 0.6 is 0 Å². The summed E-state index contributed by atoms with van der Waals surface area (Å²) in [5, 5.41) is 19.5. The molecule has 0 saturated carbocycles. The lowest BCUT2D eigenvalue weighted by Gasteiger charge is -2.17. The van der Waals surface area contributed by atoms with Crippen LogP contribution in [0, 0.1) is 13.8 Å². The van der Waals surface area contributed by atoms with Crippen LogP contribution in [0.15, 0.2) is 40.9 Å². The standard InChI is InChI=1S/C19H17F3N4O3/c1-10-3-4-15(23-8-10)12-5-13(17(27)19(20,21)22)7-14(6-12)18(28)24-9-16-26-25-11(2)29-16/h3-8,17,27H,9H2,1-2H3,(H,24,28). The SMILES string of the molecule is Cc1ccc(-c2cc(C(=O)NCc3nnc(C)o3)cc(C(O)C(F)(F)F)c2)nc1. The summed E-state index contributed by atoms with van der Waals surface area (Å²) < 4.78 is 44.2. The predicted molar refractivity (Wildman–Crippen MR) is 95.6 cm³/mol. The fourth-order valence-electron chi connectivity index (χ4n) is 2.58. The number of amides is 1. The molecule has 152 valence electrons. The average molecular weight is 406 g/mol. The summed E-state index contributed by atoms with van der Waals surface area (Å²) in [7, 11) is 0. The number of benzene rings is 1. The molecule has 2 heterocycles. The van der Waals surface area contributed by atoms with Crippen molar-refractivity contribution >= 4 is 5.91 Å². The Morgan fingerprint density at radius 1 is 1.21 bits per heavy atom. The fraction of sp³-hybridized carbons (Fsp3) is 0.263. The van der Waals surface area contributed by atoms with E-state index in [-0.39, 0.29) is 23.6 Å². The van der Waals surface area contributed by atoms with Gasteiger partial charge < -0.3 is 14.8 Å². The molecule has 0 saturated heterocycles. The molecule has 3 aromatic rings. The number of hydrogen-bond acceptors (Lipinski definition) is 6. The van der Waals surface area contributed by atoms with Gasteiger partial charge in [-0.2, -0.15) is 13.2 Å². The van der Waals surface area contributed by atoms with E-state index in [0.29, 0.717) is 11.6 Å². The predicted octanol–water partition coefficient (Wildman–Crippen LogP) is 3.27. The molecule has 2 N–H and O–H groups in total. The lowest BCUT2D eigenvalue weighted by Crippen LogP contribution is -2.24. The molecular formula is C19H17F3N4O3. The van der Waals surface area contributed by atoms with E-state index in [0.717, 1.165) is 17.7 Å². The highest BCUT2D eigenvalue weighted by atomic mass is 19.4. The third kappa shape index (κ3) is 4.96. The number of nitrogens with zero attached hydrogens (tertiary/aromatic N) is 3. The lowest BCUT2D eigenvalue weighted by atomic mass is 9.99. The molecule has 1 unspecified atom stereocenters. The van der Waals surface area contributed by atoms with Crippen LogP contribution < -0.4 is 5.32 Å². The maximum atomic E-state index is 13.0. The topological polar surface area (TPSA) is 101 Å². The molecule has 1 atom stereocenters. The Labute approximate surface area is 163 Å². The van der Waals surface area contributed by atoms with Crippen LogP contribution in [0.2, 0.25) is 0 Å². The van der Waals surface area contributed by atoms with Gasteiger partial charge in [0.05, 0.1) is 12.2 Å². The number of aryl methyl sites for hydroxylation is 2. The van der Waals surface area contributed by atoms with Crippen molar-refractivity contribution in [2.24, 2.45) is 0 Å². The zero-order valence-electron chi connectivity index (χ0n) is 15.5. The Morgan fingerprint density at radius 2 is 1.97 bits per heavy atom. The number of pyridine rings is 1. The van der Waals surface area contributed by atoms with Gasteiger partial charge in [-0.1, -0.05) is 6.07 Å². The van der Waals surface area contributed by atoms with Gasteiger partial charge >= 0.3 is 6.18 Å². The number of aromatic nitrogens is 3. The monoisotopic (exact) mass is 406 g/mol. The molecular weight excluding hydrogens is 389 g/mol. The van der Waals surface area contributed by atoms with E-state index < -0.39 is 23.8 Å². The number of halogens is 3. The lowest BCUT2D eigenvalue weighted by molar-refractivity contribution is -0.206. The molecule has 0 aliphatic heterocycles. The van der Waals surface area contributed by atoms with Gasteiger partial charge in [0.2, 0.25) is 11.8 Å². The molecule has 2 aromatic heterocycles. The van der Waals surface area contributed by atoms with Crippen molar-refractivity contribution in [1.82, 2.24) is 20.5 Å². The highest BCUT2D eigenvalue weighted by molar-refractivity contribution is 5.95. The van der Waals surface area contributed by atoms with E-state index in [1.54, 1.807) is 25.3 Å². The molecule has 1 aromatic carbocycles. The van der Waals surface area contributed by atoms with Crippen molar-refractivity contribution in [2.75, 3.05) is 0 Å². The van der Waals surface area contributed by atoms with E-state index in [9.17, 15) is 23.1 Å². The maximum Gasteiger partial charge on any atom is 0.418 e. The minimum absolute atomic E-state index is 0.0700. The second kappa shape index (κ2) is 8.00. The molecule has 29 heavy (non-hydrogen) atoms. The molecule has 1 amide bonds. The summed E-state index contributed by atoms with van der Waals surface area (Å²) >= 11 is 0. The Bertz CT molecular complexity index is 1020. The van der Waals surface area contributed by atoms with E-state index in [4.69, 9.17) is 4.42 Å². The molecule has 0 spiro atoms. The van der Waals surface area contributed by atoms with Crippen LogP contribution in [0.4, 0.5) is 13.2 Å². The first-order valence-electron chi connectivity index (χ1n) is 8.53. The normalized spacial score (nSPS) is 12.6. The smallest absolute Gasteiger partial charge is 0.418 e. The minimum atomic E-state index is -4.88. The van der Waals surface area contributed by atoms with Crippen LogP contribution in [0.1, 0.15) is 39.4 Å². The van der Waals surface area contributed by atoms with Gasteiger partial charge in [-0.05, 0) is 42.3 Å². The van der Waals surface area contributed by atoms with E-state index in [1.165, 1.54) is 6.07 Å². The van der Waals surface area contributed by atoms with Gasteiger partial charge in [0.15, 0.2) is 6.10 Å². The summed E-state index contributed by atoms with van der Waals surface area (Å²) in [6, 6.07) is 6.92. The molecule has 3 rings (SSSR count). The second-order valence-corrected chi connectivity index (χ2v) is 6.41. The van der Waals surface area contributed by atoms with Crippen LogP contribution in [-0.4, -0.2) is 32.4 Å². The van der Waals surface area contributed by atoms with Crippen molar-refractivity contribution in [3.8, 4) is 11.3 Å². The Balaban J connectivity index is 1.94. The fourth-order valence-corrected chi connectivity index (χ4v) is 2.58. The van der Waals surface area contributed by atoms with Crippen molar-refractivity contribution in [1.29, 1.82) is 0 Å². The van der Waals surface area contributed by atoms with Crippen LogP contribution in [0.5, 0.6) is 0 Å². The highest BCUT2D eigenvalue weighted by Gasteiger charge is 2.39. The summed E-state index contributed by atoms with van der Waals surface area (Å²) in [6.45, 7) is 3.31. The van der Waals surface area contributed by atoms with Crippen molar-refractivity contribution in [2.45, 2.75) is 32.7 Å². The molecule has 0 aliphatic carbocycles. The Hall–Kier alpha value is -3.27. The van der Waals surface area contributed by atoms with Crippen molar-refractivity contribution in [3.05, 3.63) is 65.0 Å². The van der Waals surface area contributed by atoms with Crippen LogP contribution in [-0.2, 0) is 6.54 Å². The number of nitrogens with one attached hydrogen (secondary N) is 1. The third-order valence-electron chi connectivity index (χ3n) is 4.02. The van der Waals surface area contributed by atoms with E-state index in [2.05, 4.69) is 20.5 Å². The van der Waals surface area contributed by atoms with Crippen LogP contribution in [0.25, 0.3) is 11.3 Å². The van der Waals surface area contributed by atoms with E-state index >= 15 is 0 Å².